The Morgan fingerprint density at radius 2 is 0.629 bits per heavy atom. The molecule has 626 valence electrons. The third-order valence-electron chi connectivity index (χ3n) is 27.0. The van der Waals surface area contributed by atoms with Gasteiger partial charge < -0.3 is 42.2 Å². The second-order valence-electron chi connectivity index (χ2n) is 37.8. The van der Waals surface area contributed by atoms with E-state index in [0.29, 0.717) is 71.4 Å². The number of aldehydes is 2. The van der Waals surface area contributed by atoms with Crippen molar-refractivity contribution in [2.45, 2.75) is 263 Å². The number of hydrogen-bond acceptors (Lipinski definition) is 15. The molecule has 0 bridgehead atoms. The zero-order valence-electron chi connectivity index (χ0n) is 72.0. The first kappa shape index (κ1) is 90.8. The summed E-state index contributed by atoms with van der Waals surface area (Å²) in [6.45, 7) is 40.1. The van der Waals surface area contributed by atoms with Crippen LogP contribution in [0.1, 0.15) is 213 Å². The molecule has 0 saturated carbocycles. The van der Waals surface area contributed by atoms with Crippen LogP contribution in [-0.2, 0) is 56.3 Å². The van der Waals surface area contributed by atoms with Crippen LogP contribution in [-0.4, -0.2) is 174 Å². The van der Waals surface area contributed by atoms with E-state index in [1.54, 1.807) is 72.8 Å². The van der Waals surface area contributed by atoms with E-state index in [0.717, 1.165) is 51.1 Å². The summed E-state index contributed by atoms with van der Waals surface area (Å²) in [7, 11) is -6.67. The molecule has 0 aliphatic carbocycles. The molecule has 15 atom stereocenters. The maximum absolute atomic E-state index is 13.2. The molecule has 1 N–H and O–H groups in total. The number of ether oxygens (including phenoxy) is 3. The smallest absolute Gasteiger partial charge is 0.261 e. The lowest BCUT2D eigenvalue weighted by molar-refractivity contribution is -0.119. The summed E-state index contributed by atoms with van der Waals surface area (Å²) in [5.74, 6) is -0.307. The number of hydrogen-bond donors (Lipinski definition) is 1. The molecule has 6 amide bonds. The first-order chi connectivity index (χ1) is 54.8. The molecule has 6 aromatic rings. The highest BCUT2D eigenvalue weighted by atomic mass is 28.4. The Morgan fingerprint density at radius 1 is 0.371 bits per heavy atom. The number of benzene rings is 6. The molecular weight excluding hydrogens is 1510 g/mol. The van der Waals surface area contributed by atoms with Crippen LogP contribution in [0.2, 0.25) is 54.4 Å². The van der Waals surface area contributed by atoms with Gasteiger partial charge in [-0.05, 0) is 188 Å². The Bertz CT molecular complexity index is 4240. The summed E-state index contributed by atoms with van der Waals surface area (Å²) in [6.07, 6.45) is 8.01. The largest absolute Gasteiger partial charge is 0.412 e. The average Bonchev–Trinajstić information content (AvgIpc) is 1.70. The van der Waals surface area contributed by atoms with Crippen molar-refractivity contribution in [1.82, 2.24) is 14.7 Å². The van der Waals surface area contributed by atoms with Crippen LogP contribution >= 0.6 is 0 Å². The molecule has 116 heavy (non-hydrogen) atoms. The van der Waals surface area contributed by atoms with Crippen molar-refractivity contribution in [3.63, 3.8) is 0 Å². The van der Waals surface area contributed by atoms with Gasteiger partial charge in [0.15, 0.2) is 25.0 Å². The quantitative estimate of drug-likeness (QED) is 0.0236. The van der Waals surface area contributed by atoms with Gasteiger partial charge >= 0.3 is 0 Å². The molecule has 6 aliphatic rings. The van der Waals surface area contributed by atoms with E-state index in [1.165, 1.54) is 31.4 Å². The van der Waals surface area contributed by atoms with Crippen molar-refractivity contribution in [3.8, 4) is 0 Å². The van der Waals surface area contributed by atoms with Gasteiger partial charge in [0.25, 0.3) is 35.4 Å². The summed E-state index contributed by atoms with van der Waals surface area (Å²) >= 11 is 0. The fourth-order valence-corrected chi connectivity index (χ4v) is 21.0. The molecule has 6 heterocycles. The molecule has 6 aliphatic heterocycles. The zero-order chi connectivity index (χ0) is 84.4. The molecule has 0 aromatic heterocycles. The van der Waals surface area contributed by atoms with Crippen LogP contribution in [0.5, 0.6) is 0 Å². The standard InChI is InChI=1S/C32H45NO5Si.C32H43NO5Si.C31H41NO5Si/c2*1-22-25(17-16-23-12-8-7-9-13-23)28(18-19-34)37-29(22)20-24(38-39(5,6)32(2,3)4)21-33-30(35)26-14-10-11-15-27(26)31(33)36;1-21-24(17-16-22-12-8-7-9-13-22)28(20-33)36-27(21)18-23(37-38(5,6)31(2,3)4)19-32-29(34)25-14-10-11-15-26(25)30(32)35/h7-15,22,24-25,28-29,34H,16-21H2,1-6H3;7-15,19,22,24-25,28-29H,16-18,20-21H2,1-6H3;7-15,20-21,23-24,27-28H,16-19H2,1-6H3/t2*22-,24?,25?,28+,29-;21-,23?,24?,27-,28+/m111/s1. The number of aliphatic hydroxyl groups excluding tert-OH is 1. The van der Waals surface area contributed by atoms with Crippen LogP contribution in [0.15, 0.2) is 164 Å². The van der Waals surface area contributed by atoms with Crippen LogP contribution in [0.3, 0.4) is 0 Å². The highest BCUT2D eigenvalue weighted by Crippen LogP contribution is 2.47. The fraction of sp³-hybridized carbons (Fsp3) is 0.537. The van der Waals surface area contributed by atoms with E-state index >= 15 is 0 Å². The maximum atomic E-state index is 13.2. The molecular formula is C95H129N3O15Si3. The Hall–Kier alpha value is -7.55. The van der Waals surface area contributed by atoms with Gasteiger partial charge in [-0.3, -0.25) is 43.5 Å². The Labute approximate surface area is 693 Å². The number of aryl methyl sites for hydroxylation is 3. The van der Waals surface area contributed by atoms with Crippen LogP contribution in [0, 0.1) is 35.5 Å². The Kier molecular flexibility index (Phi) is 30.3. The lowest BCUT2D eigenvalue weighted by Crippen LogP contribution is -2.49. The van der Waals surface area contributed by atoms with Gasteiger partial charge in [-0.15, -0.1) is 0 Å². The number of nitrogens with zero attached hydrogens (tertiary/aromatic N) is 3. The zero-order valence-corrected chi connectivity index (χ0v) is 75.0. The highest BCUT2D eigenvalue weighted by Gasteiger charge is 2.51. The monoisotopic (exact) mass is 1640 g/mol. The maximum Gasteiger partial charge on any atom is 0.261 e. The second-order valence-corrected chi connectivity index (χ2v) is 52.0. The van der Waals surface area contributed by atoms with Crippen LogP contribution < -0.4 is 0 Å². The molecule has 12 rings (SSSR count). The topological polar surface area (TPSA) is 222 Å². The van der Waals surface area contributed by atoms with Gasteiger partial charge in [0.05, 0.1) is 102 Å². The summed E-state index contributed by atoms with van der Waals surface area (Å²) in [5, 5.41) is 9.68. The Balaban J connectivity index is 0.000000184. The average molecular weight is 1640 g/mol. The van der Waals surface area contributed by atoms with Gasteiger partial charge in [0.1, 0.15) is 18.7 Å². The summed E-state index contributed by atoms with van der Waals surface area (Å²) in [5.41, 5.74) is 6.54. The number of carbonyl (C=O) groups excluding carboxylic acids is 8. The van der Waals surface area contributed by atoms with Crippen molar-refractivity contribution < 1.29 is 71.0 Å². The SMILES string of the molecule is C[C@@H]1C(CCc2ccccc2)[C@H](C=O)O[C@@H]1CC(CN1C(=O)c2ccccc2C1=O)O[Si](C)(C)C(C)(C)C.C[C@@H]1C(CCc2ccccc2)[C@H](CC=O)O[C@@H]1CC(CN1C(=O)c2ccccc2C1=O)O[Si](C)(C)C(C)(C)C.C[C@@H]1C(CCc2ccccc2)[C@H](CCO)O[C@@H]1CC(CN1C(=O)c2ccccc2C1=O)O[Si](C)(C)C(C)(C)C. The molecule has 18 nitrogen and oxygen atoms in total. The van der Waals surface area contributed by atoms with E-state index in [1.807, 2.05) is 30.3 Å². The van der Waals surface area contributed by atoms with E-state index in [9.17, 15) is 43.5 Å². The number of imide groups is 3. The van der Waals surface area contributed by atoms with Crippen LogP contribution in [0.25, 0.3) is 0 Å². The van der Waals surface area contributed by atoms with Gasteiger partial charge in [0.2, 0.25) is 0 Å². The molecule has 6 aromatic carbocycles. The number of carbonyl (C=O) groups is 8. The molecule has 3 saturated heterocycles. The lowest BCUT2D eigenvalue weighted by atomic mass is 9.82. The van der Waals surface area contributed by atoms with E-state index < -0.39 is 31.1 Å². The Morgan fingerprint density at radius 3 is 0.905 bits per heavy atom. The lowest BCUT2D eigenvalue weighted by Gasteiger charge is -2.40. The minimum atomic E-state index is -2.23. The van der Waals surface area contributed by atoms with Crippen molar-refractivity contribution in [2.75, 3.05) is 26.2 Å². The third kappa shape index (κ3) is 21.5. The van der Waals surface area contributed by atoms with Crippen molar-refractivity contribution in [1.29, 1.82) is 0 Å². The number of fused-ring (bicyclic) bond motifs is 3. The first-order valence-electron chi connectivity index (χ1n) is 42.3. The normalized spacial score (nSPS) is 24.4. The fourth-order valence-electron chi connectivity index (χ4n) is 16.9. The predicted octanol–water partition coefficient (Wildman–Crippen LogP) is 18.3. The van der Waals surface area contributed by atoms with Gasteiger partial charge in [-0.2, -0.15) is 0 Å². The van der Waals surface area contributed by atoms with Crippen molar-refractivity contribution in [3.05, 3.63) is 214 Å². The van der Waals surface area contributed by atoms with Crippen molar-refractivity contribution in [2.24, 2.45) is 35.5 Å². The van der Waals surface area contributed by atoms with E-state index in [4.69, 9.17) is 27.5 Å². The molecule has 3 fully saturated rings. The van der Waals surface area contributed by atoms with E-state index in [2.05, 4.69) is 183 Å². The number of amides is 6. The van der Waals surface area contributed by atoms with Gasteiger partial charge in [0, 0.05) is 32.3 Å². The number of rotatable bonds is 32. The van der Waals surface area contributed by atoms with Gasteiger partial charge in [-0.1, -0.05) is 210 Å². The molecule has 0 radical (unpaired) electrons. The minimum absolute atomic E-state index is 0.0208. The molecule has 6 unspecified atom stereocenters. The summed E-state index contributed by atoms with van der Waals surface area (Å²) in [6, 6.07) is 52.2. The predicted molar refractivity (Wildman–Crippen MR) is 462 cm³/mol. The number of aliphatic hydroxyl groups is 1. The first-order valence-corrected chi connectivity index (χ1v) is 51.0. The molecule has 21 heteroatoms. The summed E-state index contributed by atoms with van der Waals surface area (Å²) in [4.78, 5) is 107. The van der Waals surface area contributed by atoms with Crippen molar-refractivity contribution >= 4 is 73.0 Å². The highest BCUT2D eigenvalue weighted by molar-refractivity contribution is 6.75. The summed E-state index contributed by atoms with van der Waals surface area (Å²) < 4.78 is 40.1. The third-order valence-corrected chi connectivity index (χ3v) is 40.6. The molecule has 0 spiro atoms. The van der Waals surface area contributed by atoms with Crippen LogP contribution in [0.4, 0.5) is 0 Å². The second kappa shape index (κ2) is 38.7. The minimum Gasteiger partial charge on any atom is -0.412 e. The van der Waals surface area contributed by atoms with Gasteiger partial charge in [-0.25, -0.2) is 0 Å². The van der Waals surface area contributed by atoms with E-state index in [-0.39, 0.29) is 155 Å².